The Hall–Kier alpha value is -6.65. The first kappa shape index (κ1) is 38.2. The molecule has 0 aliphatic carbocycles. The topological polar surface area (TPSA) is 104 Å². The summed E-state index contributed by atoms with van der Waals surface area (Å²) in [6.07, 6.45) is 1.58. The molecule has 8 aromatic rings. The molecule has 0 saturated heterocycles. The third-order valence-corrected chi connectivity index (χ3v) is 10.7. The Labute approximate surface area is 338 Å². The summed E-state index contributed by atoms with van der Waals surface area (Å²) in [5.74, 6) is 1.69. The van der Waals surface area contributed by atoms with Crippen LogP contribution in [0.25, 0.3) is 11.2 Å². The van der Waals surface area contributed by atoms with Crippen molar-refractivity contribution in [2.45, 2.75) is 30.1 Å². The van der Waals surface area contributed by atoms with Gasteiger partial charge in [0, 0.05) is 6.54 Å². The number of fused-ring (bicyclic) bond motifs is 1. The van der Waals surface area contributed by atoms with Crippen LogP contribution < -0.4 is 10.2 Å². The number of hydrogen-bond acceptors (Lipinski definition) is 8. The number of ether oxygens (including phenoxy) is 2. The van der Waals surface area contributed by atoms with Crippen LogP contribution in [0.15, 0.2) is 182 Å². The first-order chi connectivity index (χ1) is 28.6. The molecule has 2 heterocycles. The van der Waals surface area contributed by atoms with Crippen molar-refractivity contribution in [1.82, 2.24) is 19.5 Å². The van der Waals surface area contributed by atoms with Crippen LogP contribution in [0.3, 0.4) is 0 Å². The number of anilines is 1. The van der Waals surface area contributed by atoms with Crippen LogP contribution in [0.5, 0.6) is 5.75 Å². The van der Waals surface area contributed by atoms with E-state index < -0.39 is 17.1 Å². The molecule has 0 radical (unpaired) electrons. The second kappa shape index (κ2) is 17.2. The number of nitrogens with one attached hydrogen (secondary N) is 1. The number of nitrogens with zero attached hydrogens (tertiary/aromatic N) is 4. The highest BCUT2D eigenvalue weighted by molar-refractivity contribution is 5.83. The van der Waals surface area contributed by atoms with Gasteiger partial charge in [0.1, 0.15) is 16.8 Å². The highest BCUT2D eigenvalue weighted by Gasteiger charge is 2.43. The van der Waals surface area contributed by atoms with Crippen LogP contribution in [0, 0.1) is 0 Å². The zero-order valence-electron chi connectivity index (χ0n) is 32.5. The molecule has 0 aliphatic rings. The number of imidazole rings is 1. The van der Waals surface area contributed by atoms with Crippen molar-refractivity contribution in [3.8, 4) is 5.75 Å². The van der Waals surface area contributed by atoms with E-state index in [9.17, 15) is 5.11 Å². The highest BCUT2D eigenvalue weighted by atomic mass is 16.6. The Morgan fingerprint density at radius 1 is 0.621 bits per heavy atom. The van der Waals surface area contributed by atoms with Gasteiger partial charge in [-0.15, -0.1) is 0 Å². The van der Waals surface area contributed by atoms with E-state index in [1.807, 2.05) is 120 Å². The lowest BCUT2D eigenvalue weighted by molar-refractivity contribution is -0.0742. The van der Waals surface area contributed by atoms with Crippen molar-refractivity contribution in [2.75, 3.05) is 26.3 Å². The molecule has 0 bridgehead atoms. The van der Waals surface area contributed by atoms with E-state index in [4.69, 9.17) is 29.3 Å². The van der Waals surface area contributed by atoms with Crippen molar-refractivity contribution in [3.05, 3.63) is 221 Å². The van der Waals surface area contributed by atoms with Gasteiger partial charge < -0.3 is 19.1 Å². The number of aromatic nitrogens is 4. The van der Waals surface area contributed by atoms with Gasteiger partial charge in [0.05, 0.1) is 33.3 Å². The second-order valence-electron chi connectivity index (χ2n) is 14.0. The number of hydrogen-bond donors (Lipinski definition) is 2. The van der Waals surface area contributed by atoms with E-state index in [0.29, 0.717) is 41.5 Å². The Morgan fingerprint density at radius 2 is 1.12 bits per heavy atom. The van der Waals surface area contributed by atoms with E-state index in [2.05, 4.69) is 66.1 Å². The number of rotatable bonds is 16. The van der Waals surface area contributed by atoms with Gasteiger partial charge in [-0.05, 0) is 51.9 Å². The maximum absolute atomic E-state index is 11.1. The molecule has 58 heavy (non-hydrogen) atoms. The molecule has 0 fully saturated rings. The lowest BCUT2D eigenvalue weighted by atomic mass is 9.68. The van der Waals surface area contributed by atoms with E-state index in [1.165, 1.54) is 0 Å². The van der Waals surface area contributed by atoms with Crippen LogP contribution in [0.2, 0.25) is 0 Å². The predicted molar refractivity (Wildman–Crippen MR) is 227 cm³/mol. The summed E-state index contributed by atoms with van der Waals surface area (Å²) < 4.78 is 15.0. The van der Waals surface area contributed by atoms with Crippen LogP contribution >= 0.6 is 0 Å². The number of aliphatic hydroxyl groups excluding tert-OH is 1. The maximum atomic E-state index is 11.1. The summed E-state index contributed by atoms with van der Waals surface area (Å²) in [6.45, 7) is 0.200. The summed E-state index contributed by atoms with van der Waals surface area (Å²) in [7, 11) is 3.21. The molecule has 2 aromatic heterocycles. The maximum Gasteiger partial charge on any atom is 0.181 e. The zero-order chi connectivity index (χ0) is 39.8. The highest BCUT2D eigenvalue weighted by Crippen LogP contribution is 2.45. The fourth-order valence-electron chi connectivity index (χ4n) is 8.01. The molecule has 0 aliphatic heterocycles. The summed E-state index contributed by atoms with van der Waals surface area (Å²) >= 11 is 0. The van der Waals surface area contributed by atoms with Gasteiger partial charge in [-0.2, -0.15) is 0 Å². The number of aryl methyl sites for hydroxylation is 1. The fraction of sp³-hybridized carbons (Fsp3) is 0.163. The minimum absolute atomic E-state index is 0.228. The Bertz CT molecular complexity index is 2400. The first-order valence-electron chi connectivity index (χ1n) is 19.3. The minimum Gasteiger partial charge on any atom is -0.497 e. The quantitative estimate of drug-likeness (QED) is 0.0743. The van der Waals surface area contributed by atoms with E-state index >= 15 is 0 Å². The first-order valence-corrected chi connectivity index (χ1v) is 19.3. The molecule has 9 heteroatoms. The number of benzene rings is 6. The molecule has 290 valence electrons. The van der Waals surface area contributed by atoms with Gasteiger partial charge >= 0.3 is 0 Å². The van der Waals surface area contributed by atoms with Crippen molar-refractivity contribution < 1.29 is 19.4 Å². The van der Waals surface area contributed by atoms with Crippen molar-refractivity contribution >= 4 is 17.0 Å². The number of aliphatic hydroxyl groups is 1. The molecule has 0 spiro atoms. The Kier molecular flexibility index (Phi) is 11.4. The van der Waals surface area contributed by atoms with E-state index in [0.717, 1.165) is 33.4 Å². The van der Waals surface area contributed by atoms with Gasteiger partial charge in [-0.1, -0.05) is 164 Å². The van der Waals surface area contributed by atoms with Crippen LogP contribution in [0.4, 0.5) is 5.82 Å². The Morgan fingerprint density at radius 3 is 1.60 bits per heavy atom. The SMILES string of the molecule is CONc1nc(C(c2ccccc2)(c2ccccc2)c2ccccc2)nc2c1ncn2CCC(CO)OC(c1ccccc1)(c1ccccc1)c1cccc(OC)c1. The van der Waals surface area contributed by atoms with Gasteiger partial charge in [0.2, 0.25) is 0 Å². The van der Waals surface area contributed by atoms with Gasteiger partial charge in [-0.25, -0.2) is 20.4 Å². The zero-order valence-corrected chi connectivity index (χ0v) is 32.5. The summed E-state index contributed by atoms with van der Waals surface area (Å²) in [4.78, 5) is 20.9. The molecule has 1 unspecified atom stereocenters. The predicted octanol–water partition coefficient (Wildman–Crippen LogP) is 8.95. The molecular weight excluding hydrogens is 723 g/mol. The van der Waals surface area contributed by atoms with Crippen LogP contribution in [0.1, 0.15) is 45.6 Å². The summed E-state index contributed by atoms with van der Waals surface area (Å²) in [5, 5.41) is 11.1. The Balaban J connectivity index is 1.25. The number of methoxy groups -OCH3 is 1. The van der Waals surface area contributed by atoms with Gasteiger partial charge in [0.25, 0.3) is 0 Å². The average molecular weight is 768 g/mol. The molecule has 0 saturated carbocycles. The second-order valence-corrected chi connectivity index (χ2v) is 14.0. The van der Waals surface area contributed by atoms with Crippen molar-refractivity contribution in [3.63, 3.8) is 0 Å². The van der Waals surface area contributed by atoms with Crippen molar-refractivity contribution in [1.29, 1.82) is 0 Å². The smallest absolute Gasteiger partial charge is 0.181 e. The molecule has 8 rings (SSSR count). The third kappa shape index (κ3) is 7.11. The van der Waals surface area contributed by atoms with Crippen LogP contribution in [-0.2, 0) is 27.1 Å². The minimum atomic E-state index is -1.08. The van der Waals surface area contributed by atoms with E-state index in [-0.39, 0.29) is 6.61 Å². The summed E-state index contributed by atoms with van der Waals surface area (Å²) in [6, 6.07) is 59.2. The average Bonchev–Trinajstić information content (AvgIpc) is 3.72. The molecule has 1 atom stereocenters. The monoisotopic (exact) mass is 767 g/mol. The molecule has 6 aromatic carbocycles. The molecular formula is C49H45N5O4. The summed E-state index contributed by atoms with van der Waals surface area (Å²) in [5.41, 5.74) is 7.92. The van der Waals surface area contributed by atoms with Gasteiger partial charge in [-0.3, -0.25) is 4.84 Å². The third-order valence-electron chi connectivity index (χ3n) is 10.7. The van der Waals surface area contributed by atoms with Gasteiger partial charge in [0.15, 0.2) is 22.8 Å². The molecule has 0 amide bonds. The molecule has 9 nitrogen and oxygen atoms in total. The largest absolute Gasteiger partial charge is 0.497 e. The lowest BCUT2D eigenvalue weighted by Gasteiger charge is -2.39. The van der Waals surface area contributed by atoms with Crippen molar-refractivity contribution in [2.24, 2.45) is 0 Å². The standard InChI is InChI=1S/C49H45N5O4/c1-56-42-30-18-29-41(33-42)49(39-25-14-6-15-26-39,40-27-16-7-17-28-40)58-43(34-55)31-32-54-35-50-44-45(53-57-2)51-47(52-46(44)54)48(36-19-8-3-9-20-36,37-21-10-4-11-22-37)38-23-12-5-13-24-38/h3-30,33,35,43,55H,31-32,34H2,1-2H3,(H,51,52,53). The lowest BCUT2D eigenvalue weighted by Crippen LogP contribution is -2.38. The normalized spacial score (nSPS) is 12.3. The molecule has 2 N–H and O–H groups in total. The van der Waals surface area contributed by atoms with E-state index in [1.54, 1.807) is 20.5 Å². The fourth-order valence-corrected chi connectivity index (χ4v) is 8.01. The van der Waals surface area contributed by atoms with Crippen LogP contribution in [-0.4, -0.2) is 51.6 Å².